The first-order valence-corrected chi connectivity index (χ1v) is 6.93. The van der Waals surface area contributed by atoms with Crippen LogP contribution in [0.25, 0.3) is 0 Å². The van der Waals surface area contributed by atoms with Gasteiger partial charge in [0.05, 0.1) is 5.41 Å². The first-order valence-electron chi connectivity index (χ1n) is 6.93. The molecule has 0 saturated carbocycles. The molecule has 0 atom stereocenters. The minimum Gasteiger partial charge on any atom is -0.481 e. The van der Waals surface area contributed by atoms with Gasteiger partial charge in [-0.25, -0.2) is 4.79 Å². The summed E-state index contributed by atoms with van der Waals surface area (Å²) >= 11 is 0. The van der Waals surface area contributed by atoms with Crippen LogP contribution in [-0.2, 0) is 9.53 Å². The maximum Gasteiger partial charge on any atom is 0.314 e. The zero-order valence-electron chi connectivity index (χ0n) is 11.5. The van der Waals surface area contributed by atoms with Crippen molar-refractivity contribution in [2.24, 2.45) is 5.41 Å². The van der Waals surface area contributed by atoms with Gasteiger partial charge < -0.3 is 20.5 Å². The fourth-order valence-electron chi connectivity index (χ4n) is 2.12. The summed E-state index contributed by atoms with van der Waals surface area (Å²) in [5, 5.41) is 14.7. The smallest absolute Gasteiger partial charge is 0.314 e. The average molecular weight is 272 g/mol. The average Bonchev–Trinajstić information content (AvgIpc) is 2.42. The number of carboxylic acid groups (broad SMARTS) is 1. The van der Waals surface area contributed by atoms with Gasteiger partial charge in [-0.2, -0.15) is 0 Å². The Kier molecular flexibility index (Phi) is 6.62. The highest BCUT2D eigenvalue weighted by atomic mass is 16.5. The van der Waals surface area contributed by atoms with Crippen LogP contribution in [0.5, 0.6) is 0 Å². The van der Waals surface area contributed by atoms with Gasteiger partial charge in [0.2, 0.25) is 0 Å². The molecule has 1 aliphatic heterocycles. The molecule has 1 fully saturated rings. The molecular formula is C13H24N2O4. The quantitative estimate of drug-likeness (QED) is 0.611. The highest BCUT2D eigenvalue weighted by Crippen LogP contribution is 2.29. The number of urea groups is 1. The summed E-state index contributed by atoms with van der Waals surface area (Å²) in [7, 11) is 0. The Labute approximate surface area is 113 Å². The molecule has 0 unspecified atom stereocenters. The third-order valence-corrected chi connectivity index (χ3v) is 3.56. The number of carbonyl (C=O) groups excluding carboxylic acids is 1. The van der Waals surface area contributed by atoms with Crippen LogP contribution in [0.1, 0.15) is 39.0 Å². The Morgan fingerprint density at radius 1 is 1.21 bits per heavy atom. The molecule has 0 bridgehead atoms. The number of carboxylic acids is 1. The van der Waals surface area contributed by atoms with Crippen molar-refractivity contribution in [2.75, 3.05) is 26.3 Å². The second kappa shape index (κ2) is 7.99. The van der Waals surface area contributed by atoms with Crippen molar-refractivity contribution < 1.29 is 19.4 Å². The van der Waals surface area contributed by atoms with Crippen molar-refractivity contribution in [3.8, 4) is 0 Å². The number of rotatable bonds is 7. The summed E-state index contributed by atoms with van der Waals surface area (Å²) in [6, 6.07) is -0.289. The summed E-state index contributed by atoms with van der Waals surface area (Å²) in [4.78, 5) is 22.9. The Morgan fingerprint density at radius 2 is 1.89 bits per heavy atom. The minimum atomic E-state index is -0.876. The third kappa shape index (κ3) is 5.06. The van der Waals surface area contributed by atoms with E-state index in [1.54, 1.807) is 0 Å². The molecular weight excluding hydrogens is 248 g/mol. The Morgan fingerprint density at radius 3 is 2.47 bits per heavy atom. The second-order valence-electron chi connectivity index (χ2n) is 5.01. The van der Waals surface area contributed by atoms with Crippen molar-refractivity contribution in [1.29, 1.82) is 0 Å². The molecule has 2 amide bonds. The molecule has 0 radical (unpaired) electrons. The number of hydrogen-bond donors (Lipinski definition) is 3. The topological polar surface area (TPSA) is 87.7 Å². The maximum atomic E-state index is 11.6. The largest absolute Gasteiger partial charge is 0.481 e. The monoisotopic (exact) mass is 272 g/mol. The molecule has 0 spiro atoms. The molecule has 6 nitrogen and oxygen atoms in total. The lowest BCUT2D eigenvalue weighted by Crippen LogP contribution is -2.48. The zero-order valence-corrected chi connectivity index (χ0v) is 11.5. The van der Waals surface area contributed by atoms with Crippen LogP contribution in [0, 0.1) is 5.41 Å². The standard InChI is InChI=1S/C13H24N2O4/c1-2-3-4-7-14-12(18)15-10-13(11(16)17)5-8-19-9-6-13/h2-10H2,1H3,(H,16,17)(H2,14,15,18). The van der Waals surface area contributed by atoms with E-state index in [0.717, 1.165) is 19.3 Å². The number of unbranched alkanes of at least 4 members (excludes halogenated alkanes) is 2. The molecule has 1 rings (SSSR count). The summed E-state index contributed by atoms with van der Waals surface area (Å²) in [5.41, 5.74) is -0.876. The van der Waals surface area contributed by atoms with E-state index in [4.69, 9.17) is 4.74 Å². The Bertz CT molecular complexity index is 301. The fourth-order valence-corrected chi connectivity index (χ4v) is 2.12. The molecule has 6 heteroatoms. The molecule has 110 valence electrons. The number of nitrogens with one attached hydrogen (secondary N) is 2. The SMILES string of the molecule is CCCCCNC(=O)NCC1(C(=O)O)CCOCC1. The van der Waals surface area contributed by atoms with Gasteiger partial charge in [-0.15, -0.1) is 0 Å². The van der Waals surface area contributed by atoms with Gasteiger partial charge in [0.25, 0.3) is 0 Å². The Balaban J connectivity index is 2.31. The van der Waals surface area contributed by atoms with Gasteiger partial charge in [0, 0.05) is 26.3 Å². The van der Waals surface area contributed by atoms with Crippen LogP contribution >= 0.6 is 0 Å². The molecule has 0 aromatic rings. The van der Waals surface area contributed by atoms with E-state index in [0.29, 0.717) is 32.6 Å². The van der Waals surface area contributed by atoms with Gasteiger partial charge in [-0.05, 0) is 19.3 Å². The van der Waals surface area contributed by atoms with E-state index >= 15 is 0 Å². The first-order chi connectivity index (χ1) is 9.10. The van der Waals surface area contributed by atoms with Gasteiger partial charge in [-0.1, -0.05) is 19.8 Å². The molecule has 0 aliphatic carbocycles. The number of amides is 2. The zero-order chi connectivity index (χ0) is 14.1. The predicted octanol–water partition coefficient (Wildman–Crippen LogP) is 1.36. The van der Waals surface area contributed by atoms with Gasteiger partial charge >= 0.3 is 12.0 Å². The van der Waals surface area contributed by atoms with Crippen molar-refractivity contribution in [2.45, 2.75) is 39.0 Å². The van der Waals surface area contributed by atoms with E-state index in [1.807, 2.05) is 0 Å². The Hall–Kier alpha value is -1.30. The van der Waals surface area contributed by atoms with E-state index in [2.05, 4.69) is 17.6 Å². The lowest BCUT2D eigenvalue weighted by atomic mass is 9.80. The predicted molar refractivity (Wildman–Crippen MR) is 71.0 cm³/mol. The van der Waals surface area contributed by atoms with E-state index in [-0.39, 0.29) is 12.6 Å². The summed E-state index contributed by atoms with van der Waals surface area (Å²) in [5.74, 6) is -0.859. The lowest BCUT2D eigenvalue weighted by molar-refractivity contribution is -0.154. The van der Waals surface area contributed by atoms with Gasteiger partial charge in [0.15, 0.2) is 0 Å². The first kappa shape index (κ1) is 15.8. The number of ether oxygens (including phenoxy) is 1. The number of aliphatic carboxylic acids is 1. The lowest BCUT2D eigenvalue weighted by Gasteiger charge is -2.33. The molecule has 0 aromatic carbocycles. The summed E-state index contributed by atoms with van der Waals surface area (Å²) in [6.07, 6.45) is 4.01. The van der Waals surface area contributed by atoms with Crippen molar-refractivity contribution in [1.82, 2.24) is 10.6 Å². The summed E-state index contributed by atoms with van der Waals surface area (Å²) in [6.45, 7) is 3.76. The normalized spacial score (nSPS) is 17.7. The number of carbonyl (C=O) groups is 2. The van der Waals surface area contributed by atoms with Gasteiger partial charge in [0.1, 0.15) is 0 Å². The fraction of sp³-hybridized carbons (Fsp3) is 0.846. The van der Waals surface area contributed by atoms with Gasteiger partial charge in [-0.3, -0.25) is 4.79 Å². The molecule has 1 saturated heterocycles. The minimum absolute atomic E-state index is 0.158. The second-order valence-corrected chi connectivity index (χ2v) is 5.01. The van der Waals surface area contributed by atoms with Crippen LogP contribution in [0.4, 0.5) is 4.79 Å². The van der Waals surface area contributed by atoms with Crippen molar-refractivity contribution >= 4 is 12.0 Å². The van der Waals surface area contributed by atoms with Crippen molar-refractivity contribution in [3.63, 3.8) is 0 Å². The van der Waals surface area contributed by atoms with E-state index in [9.17, 15) is 14.7 Å². The highest BCUT2D eigenvalue weighted by molar-refractivity contribution is 5.78. The molecule has 1 heterocycles. The van der Waals surface area contributed by atoms with Crippen LogP contribution in [0.15, 0.2) is 0 Å². The molecule has 3 N–H and O–H groups in total. The van der Waals surface area contributed by atoms with Crippen LogP contribution in [-0.4, -0.2) is 43.4 Å². The summed E-state index contributed by atoms with van der Waals surface area (Å²) < 4.78 is 5.18. The number of hydrogen-bond acceptors (Lipinski definition) is 3. The maximum absolute atomic E-state index is 11.6. The van der Waals surface area contributed by atoms with Crippen LogP contribution in [0.2, 0.25) is 0 Å². The van der Waals surface area contributed by atoms with Crippen LogP contribution in [0.3, 0.4) is 0 Å². The third-order valence-electron chi connectivity index (χ3n) is 3.56. The highest BCUT2D eigenvalue weighted by Gasteiger charge is 2.40. The molecule has 1 aliphatic rings. The van der Waals surface area contributed by atoms with Crippen LogP contribution < -0.4 is 10.6 Å². The van der Waals surface area contributed by atoms with E-state index < -0.39 is 11.4 Å². The van der Waals surface area contributed by atoms with E-state index in [1.165, 1.54) is 0 Å². The molecule has 0 aromatic heterocycles. The molecule has 19 heavy (non-hydrogen) atoms. The van der Waals surface area contributed by atoms with Crippen molar-refractivity contribution in [3.05, 3.63) is 0 Å².